The summed E-state index contributed by atoms with van der Waals surface area (Å²) in [4.78, 5) is 12.0. The third kappa shape index (κ3) is 4.81. The number of nitrogens with one attached hydrogen (secondary N) is 2. The third-order valence-corrected chi connectivity index (χ3v) is 3.41. The molecule has 25 heavy (non-hydrogen) atoms. The number of hydrogen-bond donors (Lipinski definition) is 2. The van der Waals surface area contributed by atoms with Crippen molar-refractivity contribution in [3.8, 4) is 11.5 Å². The van der Waals surface area contributed by atoms with Gasteiger partial charge in [0.2, 0.25) is 5.91 Å². The number of rotatable bonds is 6. The van der Waals surface area contributed by atoms with E-state index in [1.165, 1.54) is 12.1 Å². The van der Waals surface area contributed by atoms with Crippen LogP contribution in [0.3, 0.4) is 0 Å². The van der Waals surface area contributed by atoms with Crippen LogP contribution in [0, 0.1) is 5.82 Å². The van der Waals surface area contributed by atoms with E-state index in [4.69, 9.17) is 4.74 Å². The molecular formula is C20H17FN2O2. The molecule has 1 amide bonds. The number of carbonyl (C=O) groups excluding carboxylic acids is 1. The highest BCUT2D eigenvalue weighted by Gasteiger charge is 2.07. The van der Waals surface area contributed by atoms with Crippen LogP contribution in [0.25, 0.3) is 0 Å². The van der Waals surface area contributed by atoms with Gasteiger partial charge in [-0.05, 0) is 42.5 Å². The van der Waals surface area contributed by atoms with Crippen molar-refractivity contribution in [3.05, 3.63) is 84.7 Å². The summed E-state index contributed by atoms with van der Waals surface area (Å²) in [5, 5.41) is 5.68. The second-order valence-electron chi connectivity index (χ2n) is 5.32. The van der Waals surface area contributed by atoms with Gasteiger partial charge in [-0.25, -0.2) is 4.39 Å². The lowest BCUT2D eigenvalue weighted by molar-refractivity contribution is -0.114. The molecule has 5 heteroatoms. The van der Waals surface area contributed by atoms with Gasteiger partial charge in [-0.15, -0.1) is 0 Å². The first kappa shape index (κ1) is 16.5. The van der Waals surface area contributed by atoms with Crippen LogP contribution in [0.15, 0.2) is 78.9 Å². The molecule has 126 valence electrons. The maximum absolute atomic E-state index is 13.1. The van der Waals surface area contributed by atoms with Gasteiger partial charge in [0.15, 0.2) is 5.75 Å². The Morgan fingerprint density at radius 3 is 2.48 bits per heavy atom. The zero-order valence-corrected chi connectivity index (χ0v) is 13.4. The molecular weight excluding hydrogens is 319 g/mol. The molecule has 0 aliphatic heterocycles. The zero-order chi connectivity index (χ0) is 17.5. The highest BCUT2D eigenvalue weighted by Crippen LogP contribution is 2.28. The minimum absolute atomic E-state index is 0.0334. The largest absolute Gasteiger partial charge is 0.455 e. The van der Waals surface area contributed by atoms with Gasteiger partial charge >= 0.3 is 0 Å². The number of halogens is 1. The van der Waals surface area contributed by atoms with Crippen LogP contribution >= 0.6 is 0 Å². The van der Waals surface area contributed by atoms with Crippen LogP contribution in [-0.4, -0.2) is 12.5 Å². The Kier molecular flexibility index (Phi) is 5.26. The lowest BCUT2D eigenvalue weighted by Gasteiger charge is -2.13. The van der Waals surface area contributed by atoms with E-state index in [1.54, 1.807) is 12.1 Å². The molecule has 0 radical (unpaired) electrons. The van der Waals surface area contributed by atoms with Gasteiger partial charge in [-0.2, -0.15) is 0 Å². The van der Waals surface area contributed by atoms with Gasteiger partial charge in [0, 0.05) is 5.69 Å². The number of anilines is 2. The molecule has 0 fully saturated rings. The summed E-state index contributed by atoms with van der Waals surface area (Å²) >= 11 is 0. The highest BCUT2D eigenvalue weighted by atomic mass is 19.1. The molecule has 0 heterocycles. The molecule has 0 saturated heterocycles. The van der Waals surface area contributed by atoms with Crippen molar-refractivity contribution >= 4 is 17.3 Å². The normalized spacial score (nSPS) is 10.1. The van der Waals surface area contributed by atoms with Crippen molar-refractivity contribution in [1.82, 2.24) is 0 Å². The molecule has 3 aromatic rings. The summed E-state index contributed by atoms with van der Waals surface area (Å²) in [6.07, 6.45) is 0. The van der Waals surface area contributed by atoms with Crippen molar-refractivity contribution in [2.75, 3.05) is 17.2 Å². The molecule has 0 spiro atoms. The predicted molar refractivity (Wildman–Crippen MR) is 96.5 cm³/mol. The third-order valence-electron chi connectivity index (χ3n) is 3.41. The van der Waals surface area contributed by atoms with Crippen molar-refractivity contribution in [3.63, 3.8) is 0 Å². The van der Waals surface area contributed by atoms with Crippen LogP contribution in [0.4, 0.5) is 15.8 Å². The molecule has 2 N–H and O–H groups in total. The molecule has 0 unspecified atom stereocenters. The van der Waals surface area contributed by atoms with Gasteiger partial charge < -0.3 is 15.4 Å². The van der Waals surface area contributed by atoms with Crippen molar-refractivity contribution in [2.45, 2.75) is 0 Å². The van der Waals surface area contributed by atoms with Crippen LogP contribution in [0.1, 0.15) is 0 Å². The van der Waals surface area contributed by atoms with Gasteiger partial charge in [-0.3, -0.25) is 4.79 Å². The second kappa shape index (κ2) is 7.97. The fourth-order valence-electron chi connectivity index (χ4n) is 2.26. The maximum Gasteiger partial charge on any atom is 0.243 e. The van der Waals surface area contributed by atoms with E-state index in [0.29, 0.717) is 22.9 Å². The van der Waals surface area contributed by atoms with E-state index in [0.717, 1.165) is 0 Å². The van der Waals surface area contributed by atoms with Crippen molar-refractivity contribution in [2.24, 2.45) is 0 Å². The molecule has 3 aromatic carbocycles. The van der Waals surface area contributed by atoms with E-state index in [-0.39, 0.29) is 12.5 Å². The van der Waals surface area contributed by atoms with E-state index >= 15 is 0 Å². The van der Waals surface area contributed by atoms with Gasteiger partial charge in [0.25, 0.3) is 0 Å². The minimum atomic E-state index is -0.396. The van der Waals surface area contributed by atoms with Gasteiger partial charge in [0.05, 0.1) is 12.2 Å². The summed E-state index contributed by atoms with van der Waals surface area (Å²) in [6.45, 7) is 0.0334. The quantitative estimate of drug-likeness (QED) is 0.688. The smallest absolute Gasteiger partial charge is 0.243 e. The topological polar surface area (TPSA) is 50.4 Å². The number of hydrogen-bond acceptors (Lipinski definition) is 3. The van der Waals surface area contributed by atoms with E-state index in [9.17, 15) is 9.18 Å². The Bertz CT molecular complexity index is 853. The number of para-hydroxylation sites is 3. The highest BCUT2D eigenvalue weighted by molar-refractivity contribution is 5.93. The van der Waals surface area contributed by atoms with E-state index in [2.05, 4.69) is 10.6 Å². The minimum Gasteiger partial charge on any atom is -0.455 e. The van der Waals surface area contributed by atoms with Crippen molar-refractivity contribution in [1.29, 1.82) is 0 Å². The van der Waals surface area contributed by atoms with E-state index < -0.39 is 5.82 Å². The Morgan fingerprint density at radius 1 is 0.920 bits per heavy atom. The Hall–Kier alpha value is -3.34. The molecule has 0 aromatic heterocycles. The Balaban J connectivity index is 1.62. The lowest BCUT2D eigenvalue weighted by atomic mass is 10.2. The summed E-state index contributed by atoms with van der Waals surface area (Å²) in [5.74, 6) is 0.653. The summed E-state index contributed by atoms with van der Waals surface area (Å²) < 4.78 is 19.0. The summed E-state index contributed by atoms with van der Waals surface area (Å²) in [6, 6.07) is 22.5. The lowest BCUT2D eigenvalue weighted by Crippen LogP contribution is -2.21. The van der Waals surface area contributed by atoms with Crippen LogP contribution in [-0.2, 0) is 4.79 Å². The molecule has 4 nitrogen and oxygen atoms in total. The first-order valence-electron chi connectivity index (χ1n) is 7.82. The molecule has 0 saturated carbocycles. The molecule has 0 bridgehead atoms. The Morgan fingerprint density at radius 2 is 1.68 bits per heavy atom. The Labute approximate surface area is 145 Å². The first-order chi connectivity index (χ1) is 12.2. The standard InChI is InChI=1S/C20H17FN2O2/c21-15-7-6-8-16(13-15)23-20(24)14-22-18-11-4-5-12-19(18)25-17-9-2-1-3-10-17/h1-13,22H,14H2,(H,23,24). The fourth-order valence-corrected chi connectivity index (χ4v) is 2.26. The number of benzene rings is 3. The van der Waals surface area contributed by atoms with Crippen molar-refractivity contribution < 1.29 is 13.9 Å². The first-order valence-corrected chi connectivity index (χ1v) is 7.82. The summed E-state index contributed by atoms with van der Waals surface area (Å²) in [7, 11) is 0. The fraction of sp³-hybridized carbons (Fsp3) is 0.0500. The second-order valence-corrected chi connectivity index (χ2v) is 5.32. The van der Waals surface area contributed by atoms with Gasteiger partial charge in [-0.1, -0.05) is 36.4 Å². The summed E-state index contributed by atoms with van der Waals surface area (Å²) in [5.41, 5.74) is 1.11. The van der Waals surface area contributed by atoms with E-state index in [1.807, 2.05) is 54.6 Å². The van der Waals surface area contributed by atoms with Crippen LogP contribution in [0.2, 0.25) is 0 Å². The average Bonchev–Trinajstić information content (AvgIpc) is 2.62. The molecule has 0 aliphatic rings. The number of amides is 1. The predicted octanol–water partition coefficient (Wildman–Crippen LogP) is 4.67. The van der Waals surface area contributed by atoms with Crippen LogP contribution < -0.4 is 15.4 Å². The molecule has 0 aliphatic carbocycles. The number of carbonyl (C=O) groups is 1. The maximum atomic E-state index is 13.1. The zero-order valence-electron chi connectivity index (χ0n) is 13.4. The van der Waals surface area contributed by atoms with Crippen LogP contribution in [0.5, 0.6) is 11.5 Å². The monoisotopic (exact) mass is 336 g/mol. The SMILES string of the molecule is O=C(CNc1ccccc1Oc1ccccc1)Nc1cccc(F)c1. The number of ether oxygens (including phenoxy) is 1. The average molecular weight is 336 g/mol. The molecule has 0 atom stereocenters. The van der Waals surface area contributed by atoms with Gasteiger partial charge in [0.1, 0.15) is 11.6 Å². The molecule has 3 rings (SSSR count).